The van der Waals surface area contributed by atoms with Crippen molar-refractivity contribution in [3.63, 3.8) is 0 Å². The van der Waals surface area contributed by atoms with Gasteiger partial charge >= 0.3 is 5.97 Å². The molecule has 0 spiro atoms. The lowest BCUT2D eigenvalue weighted by Gasteiger charge is -2.06. The average molecular weight is 393 g/mol. The Labute approximate surface area is 157 Å². The number of rotatable bonds is 6. The smallest absolute Gasteiger partial charge is 0.304 e. The van der Waals surface area contributed by atoms with Gasteiger partial charge in [-0.15, -0.1) is 11.3 Å². The van der Waals surface area contributed by atoms with E-state index in [0.29, 0.717) is 22.0 Å². The summed E-state index contributed by atoms with van der Waals surface area (Å²) in [5.74, 6) is -0.616. The number of thiazole rings is 1. The average Bonchev–Trinajstić information content (AvgIpc) is 2.96. The zero-order chi connectivity index (χ0) is 17.8. The lowest BCUT2D eigenvalue weighted by atomic mass is 10.2. The minimum atomic E-state index is -0.821. The number of nitrogens with one attached hydrogen (secondary N) is 1. The summed E-state index contributed by atoms with van der Waals surface area (Å²) in [6.45, 7) is 0. The topological polar surface area (TPSA) is 79.3 Å². The van der Waals surface area contributed by atoms with E-state index in [1.54, 1.807) is 30.3 Å². The maximum absolute atomic E-state index is 12.3. The summed E-state index contributed by atoms with van der Waals surface area (Å²) in [6.07, 6.45) is 0.0970. The van der Waals surface area contributed by atoms with Crippen molar-refractivity contribution in [1.82, 2.24) is 4.98 Å². The number of carbonyl (C=O) groups excluding carboxylic acids is 1. The second-order valence-electron chi connectivity index (χ2n) is 5.09. The lowest BCUT2D eigenvalue weighted by molar-refractivity contribution is -0.136. The van der Waals surface area contributed by atoms with E-state index < -0.39 is 5.97 Å². The fraction of sp³-hybridized carbons (Fsp3) is 0.118. The van der Waals surface area contributed by atoms with E-state index in [2.05, 4.69) is 10.3 Å². The molecule has 0 unspecified atom stereocenters. The maximum atomic E-state index is 12.3. The number of carboxylic acids is 1. The summed E-state index contributed by atoms with van der Waals surface area (Å²) < 4.78 is 1.74. The highest BCUT2D eigenvalue weighted by Crippen LogP contribution is 2.31. The van der Waals surface area contributed by atoms with Gasteiger partial charge in [0.15, 0.2) is 4.34 Å². The number of nitrogens with zero attached hydrogens (tertiary/aromatic N) is 1. The summed E-state index contributed by atoms with van der Waals surface area (Å²) in [5, 5.41) is 11.9. The summed E-state index contributed by atoms with van der Waals surface area (Å²) in [7, 11) is 0. The minimum Gasteiger partial charge on any atom is -0.481 e. The molecule has 3 aromatic rings. The number of aliphatic carboxylic acids is 1. The number of fused-ring (bicyclic) bond motifs is 1. The summed E-state index contributed by atoms with van der Waals surface area (Å²) >= 11 is 8.93. The van der Waals surface area contributed by atoms with Gasteiger partial charge < -0.3 is 10.4 Å². The number of anilines is 1. The van der Waals surface area contributed by atoms with E-state index in [1.165, 1.54) is 23.1 Å². The molecule has 25 heavy (non-hydrogen) atoms. The number of benzene rings is 2. The van der Waals surface area contributed by atoms with Crippen LogP contribution in [-0.4, -0.2) is 27.7 Å². The van der Waals surface area contributed by atoms with E-state index >= 15 is 0 Å². The molecule has 0 fully saturated rings. The number of amides is 1. The van der Waals surface area contributed by atoms with Crippen LogP contribution < -0.4 is 5.32 Å². The molecular weight excluding hydrogens is 380 g/mol. The Kier molecular flexibility index (Phi) is 5.57. The van der Waals surface area contributed by atoms with E-state index in [1.807, 2.05) is 12.1 Å². The fourth-order valence-electron chi connectivity index (χ4n) is 2.11. The van der Waals surface area contributed by atoms with Gasteiger partial charge in [-0.1, -0.05) is 35.5 Å². The highest BCUT2D eigenvalue weighted by atomic mass is 35.5. The van der Waals surface area contributed by atoms with Crippen molar-refractivity contribution in [2.45, 2.75) is 10.8 Å². The standard InChI is InChI=1S/C17H13ClN2O3S2/c18-12-4-2-1-3-11(12)16(23)19-10-5-6-13-14(9-10)25-17(20-13)24-8-7-15(21)22/h1-6,9H,7-8H2,(H,19,23)(H,21,22). The van der Waals surface area contributed by atoms with Crippen LogP contribution in [0, 0.1) is 0 Å². The molecule has 0 bridgehead atoms. The van der Waals surface area contributed by atoms with Crippen molar-refractivity contribution in [1.29, 1.82) is 0 Å². The number of carbonyl (C=O) groups is 2. The van der Waals surface area contributed by atoms with Crippen LogP contribution in [0.2, 0.25) is 5.02 Å². The zero-order valence-electron chi connectivity index (χ0n) is 12.9. The van der Waals surface area contributed by atoms with Crippen molar-refractivity contribution < 1.29 is 14.7 Å². The molecular formula is C17H13ClN2O3S2. The molecule has 1 heterocycles. The number of carboxylic acid groups (broad SMARTS) is 1. The molecule has 2 N–H and O–H groups in total. The van der Waals surface area contributed by atoms with Gasteiger partial charge in [0.05, 0.1) is 27.2 Å². The molecule has 0 saturated heterocycles. The summed E-state index contributed by atoms with van der Waals surface area (Å²) in [4.78, 5) is 27.3. The Morgan fingerprint density at radius 2 is 2.04 bits per heavy atom. The van der Waals surface area contributed by atoms with Crippen molar-refractivity contribution in [3.05, 3.63) is 53.1 Å². The van der Waals surface area contributed by atoms with Gasteiger partial charge in [-0.3, -0.25) is 9.59 Å². The van der Waals surface area contributed by atoms with Gasteiger partial charge in [0.2, 0.25) is 0 Å². The molecule has 5 nitrogen and oxygen atoms in total. The van der Waals surface area contributed by atoms with Crippen molar-refractivity contribution in [2.75, 3.05) is 11.1 Å². The quantitative estimate of drug-likeness (QED) is 0.591. The molecule has 2 aromatic carbocycles. The molecule has 1 amide bonds. The van der Waals surface area contributed by atoms with Crippen molar-refractivity contribution in [3.8, 4) is 0 Å². The molecule has 0 radical (unpaired) electrons. The summed E-state index contributed by atoms with van der Waals surface area (Å²) in [5.41, 5.74) is 1.89. The highest BCUT2D eigenvalue weighted by molar-refractivity contribution is 8.01. The minimum absolute atomic E-state index is 0.0970. The van der Waals surface area contributed by atoms with Crippen LogP contribution >= 0.6 is 34.7 Å². The first-order valence-electron chi connectivity index (χ1n) is 7.34. The van der Waals surface area contributed by atoms with E-state index in [0.717, 1.165) is 14.6 Å². The van der Waals surface area contributed by atoms with Crippen LogP contribution in [0.15, 0.2) is 46.8 Å². The Balaban J connectivity index is 1.73. The highest BCUT2D eigenvalue weighted by Gasteiger charge is 2.11. The normalized spacial score (nSPS) is 10.8. The number of hydrogen-bond donors (Lipinski definition) is 2. The number of hydrogen-bond acceptors (Lipinski definition) is 5. The fourth-order valence-corrected chi connectivity index (χ4v) is 4.44. The molecule has 0 aliphatic rings. The van der Waals surface area contributed by atoms with Crippen LogP contribution in [0.5, 0.6) is 0 Å². The van der Waals surface area contributed by atoms with Gasteiger partial charge in [-0.05, 0) is 30.3 Å². The molecule has 128 valence electrons. The Hall–Kier alpha value is -2.09. The molecule has 0 aliphatic carbocycles. The number of thioether (sulfide) groups is 1. The van der Waals surface area contributed by atoms with Crippen molar-refractivity contribution in [2.24, 2.45) is 0 Å². The van der Waals surface area contributed by atoms with Gasteiger partial charge in [-0.2, -0.15) is 0 Å². The van der Waals surface area contributed by atoms with Crippen LogP contribution in [0.25, 0.3) is 10.2 Å². The Bertz CT molecular complexity index is 943. The molecule has 8 heteroatoms. The Morgan fingerprint density at radius 3 is 2.80 bits per heavy atom. The van der Waals surface area contributed by atoms with Crippen LogP contribution in [0.3, 0.4) is 0 Å². The van der Waals surface area contributed by atoms with Crippen LogP contribution in [0.1, 0.15) is 16.8 Å². The van der Waals surface area contributed by atoms with Gasteiger partial charge in [0.1, 0.15) is 0 Å². The molecule has 3 rings (SSSR count). The first-order valence-corrected chi connectivity index (χ1v) is 9.52. The largest absolute Gasteiger partial charge is 0.481 e. The SMILES string of the molecule is O=C(O)CCSc1nc2ccc(NC(=O)c3ccccc3Cl)cc2s1. The zero-order valence-corrected chi connectivity index (χ0v) is 15.2. The first-order chi connectivity index (χ1) is 12.0. The summed E-state index contributed by atoms with van der Waals surface area (Å²) in [6, 6.07) is 12.3. The van der Waals surface area contributed by atoms with Gasteiger partial charge in [0.25, 0.3) is 5.91 Å². The van der Waals surface area contributed by atoms with E-state index in [9.17, 15) is 9.59 Å². The maximum Gasteiger partial charge on any atom is 0.304 e. The lowest BCUT2D eigenvalue weighted by Crippen LogP contribution is -2.12. The third-order valence-corrected chi connectivity index (χ3v) is 5.78. The second kappa shape index (κ2) is 7.86. The third-order valence-electron chi connectivity index (χ3n) is 3.29. The molecule has 0 saturated carbocycles. The second-order valence-corrected chi connectivity index (χ2v) is 7.87. The van der Waals surface area contributed by atoms with E-state index in [-0.39, 0.29) is 12.3 Å². The Morgan fingerprint density at radius 1 is 1.24 bits per heavy atom. The van der Waals surface area contributed by atoms with Crippen LogP contribution in [-0.2, 0) is 4.79 Å². The monoisotopic (exact) mass is 392 g/mol. The molecule has 0 aliphatic heterocycles. The van der Waals surface area contributed by atoms with Gasteiger partial charge in [-0.25, -0.2) is 4.98 Å². The van der Waals surface area contributed by atoms with E-state index in [4.69, 9.17) is 16.7 Å². The van der Waals surface area contributed by atoms with Crippen LogP contribution in [0.4, 0.5) is 5.69 Å². The molecule has 0 atom stereocenters. The molecule has 1 aromatic heterocycles. The predicted molar refractivity (Wildman–Crippen MR) is 102 cm³/mol. The first kappa shape index (κ1) is 17.7. The number of halogens is 1. The van der Waals surface area contributed by atoms with Gasteiger partial charge in [0, 0.05) is 11.4 Å². The number of aromatic nitrogens is 1. The third kappa shape index (κ3) is 4.50. The van der Waals surface area contributed by atoms with Crippen molar-refractivity contribution >= 4 is 62.5 Å². The predicted octanol–water partition coefficient (Wildman–Crippen LogP) is 4.77.